The maximum Gasteiger partial charge on any atom is 0.451 e. The standard InChI is InChI=1S/C11H7Br2F3N4/c12-5-1-2-7(6(13)3-5)18-9-4-8(17)19-10(20-9)11(14,15)16/h1-4H,(H3,17,18,19,20). The summed E-state index contributed by atoms with van der Waals surface area (Å²) in [5.41, 5.74) is 5.92. The van der Waals surface area contributed by atoms with Crippen molar-refractivity contribution in [1.29, 1.82) is 0 Å². The van der Waals surface area contributed by atoms with Gasteiger partial charge >= 0.3 is 6.18 Å². The van der Waals surface area contributed by atoms with E-state index < -0.39 is 12.0 Å². The summed E-state index contributed by atoms with van der Waals surface area (Å²) in [5.74, 6) is -1.58. The van der Waals surface area contributed by atoms with E-state index in [1.165, 1.54) is 6.07 Å². The van der Waals surface area contributed by atoms with E-state index in [0.717, 1.165) is 4.47 Å². The summed E-state index contributed by atoms with van der Waals surface area (Å²) in [5, 5.41) is 2.75. The third-order valence-corrected chi connectivity index (χ3v) is 3.34. The fourth-order valence-corrected chi connectivity index (χ4v) is 2.53. The molecule has 0 amide bonds. The quantitative estimate of drug-likeness (QED) is 0.771. The number of rotatable bonds is 2. The van der Waals surface area contributed by atoms with Gasteiger partial charge < -0.3 is 11.1 Å². The molecule has 1 aromatic carbocycles. The lowest BCUT2D eigenvalue weighted by Crippen LogP contribution is -2.13. The number of alkyl halides is 3. The molecule has 0 saturated carbocycles. The number of anilines is 3. The van der Waals surface area contributed by atoms with Gasteiger partial charge in [0.2, 0.25) is 5.82 Å². The molecule has 0 aliphatic carbocycles. The molecule has 0 aliphatic heterocycles. The molecule has 0 unspecified atom stereocenters. The van der Waals surface area contributed by atoms with Crippen LogP contribution in [0.25, 0.3) is 0 Å². The van der Waals surface area contributed by atoms with Crippen LogP contribution in [0.2, 0.25) is 0 Å². The number of benzene rings is 1. The van der Waals surface area contributed by atoms with Gasteiger partial charge in [-0.2, -0.15) is 13.2 Å². The molecule has 0 radical (unpaired) electrons. The predicted octanol–water partition coefficient (Wildman–Crippen LogP) is 4.35. The largest absolute Gasteiger partial charge is 0.451 e. The van der Waals surface area contributed by atoms with Crippen molar-refractivity contribution in [3.8, 4) is 0 Å². The molecule has 2 aromatic rings. The smallest absolute Gasteiger partial charge is 0.384 e. The van der Waals surface area contributed by atoms with E-state index in [-0.39, 0.29) is 11.6 Å². The Balaban J connectivity index is 2.36. The Labute approximate surface area is 128 Å². The molecule has 0 atom stereocenters. The Morgan fingerprint density at radius 2 is 1.80 bits per heavy atom. The summed E-state index contributed by atoms with van der Waals surface area (Å²) in [6, 6.07) is 6.39. The lowest BCUT2D eigenvalue weighted by atomic mass is 10.3. The van der Waals surface area contributed by atoms with Crippen LogP contribution >= 0.6 is 31.9 Å². The average Bonchev–Trinajstić information content (AvgIpc) is 2.31. The minimum Gasteiger partial charge on any atom is -0.384 e. The third-order valence-electron chi connectivity index (χ3n) is 2.19. The molecule has 0 aliphatic rings. The zero-order valence-corrected chi connectivity index (χ0v) is 12.8. The zero-order chi connectivity index (χ0) is 14.9. The van der Waals surface area contributed by atoms with Crippen molar-refractivity contribution in [2.45, 2.75) is 6.18 Å². The number of nitrogens with two attached hydrogens (primary N) is 1. The Morgan fingerprint density at radius 3 is 2.40 bits per heavy atom. The van der Waals surface area contributed by atoms with Gasteiger partial charge in [-0.3, -0.25) is 0 Å². The van der Waals surface area contributed by atoms with Gasteiger partial charge in [-0.15, -0.1) is 0 Å². The highest BCUT2D eigenvalue weighted by Gasteiger charge is 2.35. The molecule has 1 aromatic heterocycles. The molecule has 0 bridgehead atoms. The molecule has 0 saturated heterocycles. The van der Waals surface area contributed by atoms with Gasteiger partial charge in [-0.1, -0.05) is 15.9 Å². The minimum absolute atomic E-state index is 0.0344. The van der Waals surface area contributed by atoms with Gasteiger partial charge in [0.25, 0.3) is 0 Å². The van der Waals surface area contributed by atoms with Crippen molar-refractivity contribution in [3.05, 3.63) is 39.0 Å². The van der Waals surface area contributed by atoms with Crippen molar-refractivity contribution in [1.82, 2.24) is 9.97 Å². The molecule has 3 N–H and O–H groups in total. The Kier molecular flexibility index (Phi) is 4.19. The number of nitrogen functional groups attached to an aromatic ring is 1. The van der Waals surface area contributed by atoms with Crippen LogP contribution < -0.4 is 11.1 Å². The Morgan fingerprint density at radius 1 is 1.10 bits per heavy atom. The topological polar surface area (TPSA) is 63.8 Å². The highest BCUT2D eigenvalue weighted by atomic mass is 79.9. The molecule has 1 heterocycles. The first-order valence-electron chi connectivity index (χ1n) is 5.19. The molecular weight excluding hydrogens is 405 g/mol. The van der Waals surface area contributed by atoms with Crippen LogP contribution in [-0.4, -0.2) is 9.97 Å². The van der Waals surface area contributed by atoms with Crippen LogP contribution in [0, 0.1) is 0 Å². The molecular formula is C11H7Br2F3N4. The second-order valence-electron chi connectivity index (χ2n) is 3.75. The van der Waals surface area contributed by atoms with E-state index in [1.54, 1.807) is 18.2 Å². The number of aromatic nitrogens is 2. The second kappa shape index (κ2) is 5.57. The fourth-order valence-electron chi connectivity index (χ4n) is 1.39. The highest BCUT2D eigenvalue weighted by molar-refractivity contribution is 9.11. The number of nitrogens with zero attached hydrogens (tertiary/aromatic N) is 2. The minimum atomic E-state index is -4.65. The van der Waals surface area contributed by atoms with E-state index in [1.807, 2.05) is 0 Å². The van der Waals surface area contributed by atoms with Crippen LogP contribution in [-0.2, 0) is 6.18 Å². The summed E-state index contributed by atoms with van der Waals surface area (Å²) in [6.07, 6.45) is -4.65. The first-order valence-corrected chi connectivity index (χ1v) is 6.78. The van der Waals surface area contributed by atoms with Crippen LogP contribution in [0.15, 0.2) is 33.2 Å². The van der Waals surface area contributed by atoms with Crippen molar-refractivity contribution in [3.63, 3.8) is 0 Å². The number of nitrogens with one attached hydrogen (secondary N) is 1. The summed E-state index contributed by atoms with van der Waals surface area (Å²) in [7, 11) is 0. The van der Waals surface area contributed by atoms with Gasteiger partial charge in [-0.25, -0.2) is 9.97 Å². The lowest BCUT2D eigenvalue weighted by molar-refractivity contribution is -0.144. The molecule has 4 nitrogen and oxygen atoms in total. The van der Waals surface area contributed by atoms with Crippen molar-refractivity contribution in [2.75, 3.05) is 11.1 Å². The Hall–Kier alpha value is -1.35. The molecule has 0 fully saturated rings. The van der Waals surface area contributed by atoms with Gasteiger partial charge in [0.05, 0.1) is 5.69 Å². The van der Waals surface area contributed by atoms with Crippen LogP contribution in [0.3, 0.4) is 0 Å². The van der Waals surface area contributed by atoms with E-state index in [4.69, 9.17) is 5.73 Å². The SMILES string of the molecule is Nc1cc(Nc2ccc(Br)cc2Br)nc(C(F)(F)F)n1. The summed E-state index contributed by atoms with van der Waals surface area (Å²) < 4.78 is 39.3. The van der Waals surface area contributed by atoms with Crippen LogP contribution in [0.1, 0.15) is 5.82 Å². The van der Waals surface area contributed by atoms with Crippen LogP contribution in [0.5, 0.6) is 0 Å². The van der Waals surface area contributed by atoms with Crippen LogP contribution in [0.4, 0.5) is 30.5 Å². The molecule has 20 heavy (non-hydrogen) atoms. The van der Waals surface area contributed by atoms with Gasteiger partial charge in [0.1, 0.15) is 11.6 Å². The van der Waals surface area contributed by atoms with Crippen molar-refractivity contribution >= 4 is 49.2 Å². The van der Waals surface area contributed by atoms with E-state index in [0.29, 0.717) is 10.2 Å². The van der Waals surface area contributed by atoms with E-state index in [9.17, 15) is 13.2 Å². The lowest BCUT2D eigenvalue weighted by Gasteiger charge is -2.11. The summed E-state index contributed by atoms with van der Waals surface area (Å²) in [6.45, 7) is 0. The first-order chi connectivity index (χ1) is 9.25. The van der Waals surface area contributed by atoms with Crippen molar-refractivity contribution < 1.29 is 13.2 Å². The van der Waals surface area contributed by atoms with Gasteiger partial charge in [-0.05, 0) is 34.1 Å². The Bertz CT molecular complexity index is 646. The predicted molar refractivity (Wildman–Crippen MR) is 76.6 cm³/mol. The van der Waals surface area contributed by atoms with E-state index in [2.05, 4.69) is 47.1 Å². The summed E-state index contributed by atoms with van der Waals surface area (Å²) >= 11 is 6.57. The molecule has 0 spiro atoms. The number of hydrogen-bond acceptors (Lipinski definition) is 4. The molecule has 106 valence electrons. The normalized spacial score (nSPS) is 11.4. The van der Waals surface area contributed by atoms with Crippen molar-refractivity contribution in [2.24, 2.45) is 0 Å². The zero-order valence-electron chi connectivity index (χ0n) is 9.67. The van der Waals surface area contributed by atoms with Gasteiger partial charge in [0, 0.05) is 15.0 Å². The molecule has 2 rings (SSSR count). The monoisotopic (exact) mass is 410 g/mol. The molecule has 9 heteroatoms. The average molecular weight is 412 g/mol. The van der Waals surface area contributed by atoms with E-state index >= 15 is 0 Å². The fraction of sp³-hybridized carbons (Fsp3) is 0.0909. The number of halogens is 5. The van der Waals surface area contributed by atoms with Gasteiger partial charge in [0.15, 0.2) is 0 Å². The maximum atomic E-state index is 12.6. The first kappa shape index (κ1) is 15.0. The summed E-state index contributed by atoms with van der Waals surface area (Å²) in [4.78, 5) is 6.57. The maximum absolute atomic E-state index is 12.6. The second-order valence-corrected chi connectivity index (χ2v) is 5.52. The number of hydrogen-bond donors (Lipinski definition) is 2. The third kappa shape index (κ3) is 3.60. The highest BCUT2D eigenvalue weighted by Crippen LogP contribution is 2.31.